The van der Waals surface area contributed by atoms with Gasteiger partial charge in [0.1, 0.15) is 11.4 Å². The highest BCUT2D eigenvalue weighted by Gasteiger charge is 2.18. The van der Waals surface area contributed by atoms with Gasteiger partial charge in [0.2, 0.25) is 0 Å². The molecule has 5 nitrogen and oxygen atoms in total. The van der Waals surface area contributed by atoms with Crippen molar-refractivity contribution in [2.24, 2.45) is 0 Å². The Balaban J connectivity index is 2.42. The lowest BCUT2D eigenvalue weighted by Gasteiger charge is -2.07. The molecule has 1 aromatic heterocycles. The van der Waals surface area contributed by atoms with E-state index in [1.54, 1.807) is 26.3 Å². The Labute approximate surface area is 115 Å². The minimum absolute atomic E-state index is 0.0921. The Hall–Kier alpha value is -2.01. The lowest BCUT2D eigenvalue weighted by molar-refractivity contribution is 0.0519. The Bertz CT molecular complexity index is 595. The van der Waals surface area contributed by atoms with E-state index in [4.69, 9.17) is 21.1 Å². The molecule has 0 amide bonds. The molecule has 0 aliphatic rings. The number of methoxy groups -OCH3 is 1. The molecule has 0 bridgehead atoms. The van der Waals surface area contributed by atoms with Gasteiger partial charge in [-0.05, 0) is 19.1 Å². The van der Waals surface area contributed by atoms with E-state index in [0.29, 0.717) is 11.4 Å². The van der Waals surface area contributed by atoms with Gasteiger partial charge in [-0.25, -0.2) is 9.48 Å². The van der Waals surface area contributed by atoms with Gasteiger partial charge in [-0.1, -0.05) is 23.7 Å². The summed E-state index contributed by atoms with van der Waals surface area (Å²) in [5.41, 5.74) is 0.789. The van der Waals surface area contributed by atoms with Crippen LogP contribution in [0.1, 0.15) is 17.4 Å². The molecule has 100 valence electrons. The zero-order chi connectivity index (χ0) is 13.8. The van der Waals surface area contributed by atoms with Crippen molar-refractivity contribution in [3.05, 3.63) is 41.2 Å². The van der Waals surface area contributed by atoms with Gasteiger partial charge in [-0.15, -0.1) is 0 Å². The molecular formula is C13H13ClN2O3. The summed E-state index contributed by atoms with van der Waals surface area (Å²) in [4.78, 5) is 11.7. The van der Waals surface area contributed by atoms with Crippen molar-refractivity contribution in [2.45, 2.75) is 6.92 Å². The molecule has 0 radical (unpaired) electrons. The molecule has 1 aromatic carbocycles. The van der Waals surface area contributed by atoms with Crippen molar-refractivity contribution in [3.8, 4) is 11.4 Å². The number of ether oxygens (including phenoxy) is 2. The van der Waals surface area contributed by atoms with Gasteiger partial charge in [-0.2, -0.15) is 5.10 Å². The van der Waals surface area contributed by atoms with Gasteiger partial charge in [-0.3, -0.25) is 0 Å². The van der Waals surface area contributed by atoms with Crippen LogP contribution in [0.2, 0.25) is 5.02 Å². The molecule has 0 saturated heterocycles. The highest BCUT2D eigenvalue weighted by atomic mass is 35.5. The maximum absolute atomic E-state index is 11.7. The van der Waals surface area contributed by atoms with Crippen LogP contribution in [-0.4, -0.2) is 29.5 Å². The first-order chi connectivity index (χ1) is 9.17. The van der Waals surface area contributed by atoms with E-state index in [1.165, 1.54) is 4.68 Å². The summed E-state index contributed by atoms with van der Waals surface area (Å²) in [7, 11) is 1.57. The minimum atomic E-state index is -0.541. The molecule has 0 aliphatic heterocycles. The SMILES string of the molecule is CCOC(=O)c1nn(-c2ccccc2OC)cc1Cl. The number of hydrogen-bond donors (Lipinski definition) is 0. The first-order valence-electron chi connectivity index (χ1n) is 5.73. The van der Waals surface area contributed by atoms with Crippen molar-refractivity contribution in [3.63, 3.8) is 0 Å². The zero-order valence-electron chi connectivity index (χ0n) is 10.6. The third-order valence-corrected chi connectivity index (χ3v) is 2.75. The molecule has 2 aromatic rings. The molecule has 0 saturated carbocycles. The fourth-order valence-corrected chi connectivity index (χ4v) is 1.84. The van der Waals surface area contributed by atoms with Crippen LogP contribution in [0.15, 0.2) is 30.5 Å². The van der Waals surface area contributed by atoms with Crippen molar-refractivity contribution in [2.75, 3.05) is 13.7 Å². The van der Waals surface area contributed by atoms with E-state index in [9.17, 15) is 4.79 Å². The Kier molecular flexibility index (Phi) is 4.06. The number of esters is 1. The number of halogens is 1. The monoisotopic (exact) mass is 280 g/mol. The predicted octanol–water partition coefficient (Wildman–Crippen LogP) is 2.71. The smallest absolute Gasteiger partial charge is 0.360 e. The van der Waals surface area contributed by atoms with Gasteiger partial charge < -0.3 is 9.47 Å². The van der Waals surface area contributed by atoms with E-state index in [-0.39, 0.29) is 17.3 Å². The van der Waals surface area contributed by atoms with Crippen molar-refractivity contribution < 1.29 is 14.3 Å². The first kappa shape index (κ1) is 13.4. The fourth-order valence-electron chi connectivity index (χ4n) is 1.63. The second kappa shape index (κ2) is 5.75. The molecule has 0 fully saturated rings. The molecule has 19 heavy (non-hydrogen) atoms. The Morgan fingerprint density at radius 2 is 2.16 bits per heavy atom. The average Bonchev–Trinajstić information content (AvgIpc) is 2.81. The first-order valence-corrected chi connectivity index (χ1v) is 6.10. The standard InChI is InChI=1S/C13H13ClN2O3/c1-3-19-13(17)12-9(14)8-16(15-12)10-6-4-5-7-11(10)18-2/h4-8H,3H2,1-2H3. The molecule has 2 rings (SSSR count). The molecule has 0 spiro atoms. The van der Waals surface area contributed by atoms with Crippen molar-refractivity contribution >= 4 is 17.6 Å². The summed E-state index contributed by atoms with van der Waals surface area (Å²) in [5, 5.41) is 4.38. The summed E-state index contributed by atoms with van der Waals surface area (Å²) in [6, 6.07) is 7.31. The van der Waals surface area contributed by atoms with Crippen LogP contribution in [-0.2, 0) is 4.74 Å². The third kappa shape index (κ3) is 2.71. The van der Waals surface area contributed by atoms with Crippen LogP contribution in [0.4, 0.5) is 0 Å². The maximum Gasteiger partial charge on any atom is 0.360 e. The van der Waals surface area contributed by atoms with Gasteiger partial charge in [0.05, 0.1) is 24.9 Å². The van der Waals surface area contributed by atoms with E-state index in [1.807, 2.05) is 18.2 Å². The highest BCUT2D eigenvalue weighted by Crippen LogP contribution is 2.24. The molecule has 6 heteroatoms. The molecule has 0 atom stereocenters. The van der Waals surface area contributed by atoms with Crippen LogP contribution in [0.3, 0.4) is 0 Å². The molecule has 0 aliphatic carbocycles. The fraction of sp³-hybridized carbons (Fsp3) is 0.231. The number of rotatable bonds is 4. The van der Waals surface area contributed by atoms with Gasteiger partial charge >= 0.3 is 5.97 Å². The Morgan fingerprint density at radius 1 is 1.42 bits per heavy atom. The summed E-state index contributed by atoms with van der Waals surface area (Å²) in [6.07, 6.45) is 1.55. The van der Waals surface area contributed by atoms with Gasteiger partial charge in [0.25, 0.3) is 0 Å². The van der Waals surface area contributed by atoms with Gasteiger partial charge in [0.15, 0.2) is 5.69 Å². The quantitative estimate of drug-likeness (QED) is 0.808. The number of carbonyl (C=O) groups excluding carboxylic acids is 1. The number of aromatic nitrogens is 2. The number of nitrogens with zero attached hydrogens (tertiary/aromatic N) is 2. The average molecular weight is 281 g/mol. The summed E-state index contributed by atoms with van der Waals surface area (Å²) in [5.74, 6) is 0.0956. The number of hydrogen-bond acceptors (Lipinski definition) is 4. The van der Waals surface area contributed by atoms with Crippen LogP contribution >= 0.6 is 11.6 Å². The van der Waals surface area contributed by atoms with E-state index < -0.39 is 5.97 Å². The van der Waals surface area contributed by atoms with E-state index in [0.717, 1.165) is 0 Å². The lowest BCUT2D eigenvalue weighted by Crippen LogP contribution is -2.07. The van der Waals surface area contributed by atoms with Crippen LogP contribution in [0, 0.1) is 0 Å². The Morgan fingerprint density at radius 3 is 2.84 bits per heavy atom. The van der Waals surface area contributed by atoms with Crippen LogP contribution in [0.25, 0.3) is 5.69 Å². The summed E-state index contributed by atoms with van der Waals surface area (Å²) >= 11 is 6.00. The van der Waals surface area contributed by atoms with Crippen molar-refractivity contribution in [1.29, 1.82) is 0 Å². The van der Waals surface area contributed by atoms with Crippen LogP contribution < -0.4 is 4.74 Å². The number of carbonyl (C=O) groups is 1. The lowest BCUT2D eigenvalue weighted by atomic mass is 10.3. The second-order valence-corrected chi connectivity index (χ2v) is 4.07. The number of para-hydroxylation sites is 2. The molecule has 0 N–H and O–H groups in total. The van der Waals surface area contributed by atoms with Gasteiger partial charge in [0, 0.05) is 0 Å². The highest BCUT2D eigenvalue weighted by molar-refractivity contribution is 6.33. The third-order valence-electron chi connectivity index (χ3n) is 2.47. The number of benzene rings is 1. The molecule has 0 unspecified atom stereocenters. The van der Waals surface area contributed by atoms with Crippen LogP contribution in [0.5, 0.6) is 5.75 Å². The second-order valence-electron chi connectivity index (χ2n) is 3.66. The summed E-state index contributed by atoms with van der Waals surface area (Å²) < 4.78 is 11.6. The normalized spacial score (nSPS) is 10.3. The van der Waals surface area contributed by atoms with E-state index in [2.05, 4.69) is 5.10 Å². The molecular weight excluding hydrogens is 268 g/mol. The largest absolute Gasteiger partial charge is 0.494 e. The van der Waals surface area contributed by atoms with E-state index >= 15 is 0 Å². The topological polar surface area (TPSA) is 53.3 Å². The zero-order valence-corrected chi connectivity index (χ0v) is 11.3. The summed E-state index contributed by atoms with van der Waals surface area (Å²) in [6.45, 7) is 2.00. The maximum atomic E-state index is 11.7. The van der Waals surface area contributed by atoms with Crippen molar-refractivity contribution in [1.82, 2.24) is 9.78 Å². The minimum Gasteiger partial charge on any atom is -0.494 e. The molecule has 1 heterocycles. The predicted molar refractivity (Wildman–Crippen MR) is 71.1 cm³/mol.